The van der Waals surface area contributed by atoms with Crippen molar-refractivity contribution in [2.75, 3.05) is 49.5 Å². The number of aryl methyl sites for hydroxylation is 1. The van der Waals surface area contributed by atoms with E-state index in [0.717, 1.165) is 84.8 Å². The molecule has 0 atom stereocenters. The molecule has 7 heteroatoms. The SMILES string of the molecule is O=C1CCc2cc(OCCCCN3CCN(c4cccc5sc(F)cc45)CC3)ccc2N1. The number of hydrogen-bond donors (Lipinski definition) is 1. The first-order valence-electron chi connectivity index (χ1n) is 11.4. The summed E-state index contributed by atoms with van der Waals surface area (Å²) in [5, 5.41) is 3.82. The van der Waals surface area contributed by atoms with Gasteiger partial charge in [-0.3, -0.25) is 9.69 Å². The lowest BCUT2D eigenvalue weighted by Gasteiger charge is -2.36. The molecule has 1 saturated heterocycles. The zero-order valence-corrected chi connectivity index (χ0v) is 18.9. The summed E-state index contributed by atoms with van der Waals surface area (Å²) >= 11 is 1.22. The summed E-state index contributed by atoms with van der Waals surface area (Å²) in [5.41, 5.74) is 3.22. The predicted octanol–water partition coefficient (Wildman–Crippen LogP) is 4.91. The van der Waals surface area contributed by atoms with Crippen molar-refractivity contribution < 1.29 is 13.9 Å². The first kappa shape index (κ1) is 21.2. The Bertz CT molecular complexity index is 1110. The van der Waals surface area contributed by atoms with E-state index in [1.54, 1.807) is 6.07 Å². The molecular formula is C25H28FN3O2S. The van der Waals surface area contributed by atoms with Crippen LogP contribution in [0.5, 0.6) is 5.75 Å². The number of rotatable bonds is 7. The van der Waals surface area contributed by atoms with E-state index in [2.05, 4.69) is 21.2 Å². The van der Waals surface area contributed by atoms with Gasteiger partial charge in [-0.25, -0.2) is 0 Å². The molecular weight excluding hydrogens is 425 g/mol. The Morgan fingerprint density at radius 2 is 1.91 bits per heavy atom. The lowest BCUT2D eigenvalue weighted by atomic mass is 10.0. The monoisotopic (exact) mass is 453 g/mol. The molecule has 1 N–H and O–H groups in total. The van der Waals surface area contributed by atoms with Gasteiger partial charge >= 0.3 is 0 Å². The standard InChI is InChI=1S/C25H28FN3O2S/c26-24-17-20-22(4-3-5-23(20)32-24)29-13-11-28(12-14-29)10-1-2-15-31-19-7-8-21-18(16-19)6-9-25(30)27-21/h3-5,7-8,16-17H,1-2,6,9-15H2,(H,27,30). The van der Waals surface area contributed by atoms with Gasteiger partial charge in [-0.2, -0.15) is 4.39 Å². The normalized spacial score (nSPS) is 16.8. The van der Waals surface area contributed by atoms with Gasteiger partial charge in [0.15, 0.2) is 5.13 Å². The van der Waals surface area contributed by atoms with Gasteiger partial charge < -0.3 is 15.0 Å². The summed E-state index contributed by atoms with van der Waals surface area (Å²) in [4.78, 5) is 16.4. The molecule has 1 amide bonds. The molecule has 0 spiro atoms. The van der Waals surface area contributed by atoms with E-state index in [1.165, 1.54) is 11.3 Å². The van der Waals surface area contributed by atoms with Crippen molar-refractivity contribution in [1.82, 2.24) is 4.90 Å². The van der Waals surface area contributed by atoms with Crippen LogP contribution in [0.15, 0.2) is 42.5 Å². The number of piperazine rings is 1. The minimum Gasteiger partial charge on any atom is -0.494 e. The van der Waals surface area contributed by atoms with E-state index < -0.39 is 0 Å². The fourth-order valence-electron chi connectivity index (χ4n) is 4.58. The third-order valence-electron chi connectivity index (χ3n) is 6.33. The van der Waals surface area contributed by atoms with Gasteiger partial charge in [0.1, 0.15) is 5.75 Å². The Balaban J connectivity index is 1.04. The molecule has 3 aromatic rings. The third kappa shape index (κ3) is 4.74. The second-order valence-electron chi connectivity index (χ2n) is 8.49. The molecule has 0 aliphatic carbocycles. The van der Waals surface area contributed by atoms with Gasteiger partial charge in [0.2, 0.25) is 5.91 Å². The molecule has 5 nitrogen and oxygen atoms in total. The second-order valence-corrected chi connectivity index (χ2v) is 9.52. The van der Waals surface area contributed by atoms with E-state index >= 15 is 0 Å². The van der Waals surface area contributed by atoms with Crippen LogP contribution in [0.4, 0.5) is 15.8 Å². The summed E-state index contributed by atoms with van der Waals surface area (Å²) in [7, 11) is 0. The number of benzene rings is 2. The first-order valence-corrected chi connectivity index (χ1v) is 12.2. The molecule has 5 rings (SSSR count). The molecule has 2 aliphatic rings. The molecule has 32 heavy (non-hydrogen) atoms. The summed E-state index contributed by atoms with van der Waals surface area (Å²) in [6.45, 7) is 5.78. The lowest BCUT2D eigenvalue weighted by Crippen LogP contribution is -2.46. The van der Waals surface area contributed by atoms with Crippen molar-refractivity contribution in [3.8, 4) is 5.75 Å². The molecule has 0 unspecified atom stereocenters. The van der Waals surface area contributed by atoms with Crippen LogP contribution in [0.2, 0.25) is 0 Å². The zero-order valence-electron chi connectivity index (χ0n) is 18.1. The maximum Gasteiger partial charge on any atom is 0.224 e. The smallest absolute Gasteiger partial charge is 0.224 e. The minimum atomic E-state index is -0.115. The maximum atomic E-state index is 13.7. The van der Waals surface area contributed by atoms with Crippen molar-refractivity contribution in [3.05, 3.63) is 53.2 Å². The molecule has 2 aromatic carbocycles. The van der Waals surface area contributed by atoms with E-state index in [1.807, 2.05) is 30.3 Å². The molecule has 0 radical (unpaired) electrons. The fraction of sp³-hybridized carbons (Fsp3) is 0.400. The number of nitrogens with one attached hydrogen (secondary N) is 1. The lowest BCUT2D eigenvalue weighted by molar-refractivity contribution is -0.116. The Kier molecular flexibility index (Phi) is 6.28. The highest BCUT2D eigenvalue weighted by atomic mass is 32.1. The molecule has 168 valence electrons. The van der Waals surface area contributed by atoms with Gasteiger partial charge in [0, 0.05) is 54.1 Å². The maximum absolute atomic E-state index is 13.7. The molecule has 1 aromatic heterocycles. The average Bonchev–Trinajstić information content (AvgIpc) is 3.19. The number of hydrogen-bond acceptors (Lipinski definition) is 5. The van der Waals surface area contributed by atoms with Crippen molar-refractivity contribution in [2.24, 2.45) is 0 Å². The quantitative estimate of drug-likeness (QED) is 0.517. The zero-order chi connectivity index (χ0) is 21.9. The number of ether oxygens (including phenoxy) is 1. The number of thiophene rings is 1. The van der Waals surface area contributed by atoms with Crippen molar-refractivity contribution in [2.45, 2.75) is 25.7 Å². The van der Waals surface area contributed by atoms with Gasteiger partial charge in [-0.05, 0) is 67.8 Å². The van der Waals surface area contributed by atoms with Crippen LogP contribution in [-0.2, 0) is 11.2 Å². The van der Waals surface area contributed by atoms with Crippen LogP contribution in [0.1, 0.15) is 24.8 Å². The summed E-state index contributed by atoms with van der Waals surface area (Å²) in [6, 6.07) is 13.7. The predicted molar refractivity (Wildman–Crippen MR) is 129 cm³/mol. The van der Waals surface area contributed by atoms with Crippen molar-refractivity contribution >= 4 is 38.7 Å². The summed E-state index contributed by atoms with van der Waals surface area (Å²) < 4.78 is 20.7. The van der Waals surface area contributed by atoms with E-state index in [0.29, 0.717) is 13.0 Å². The Morgan fingerprint density at radius 1 is 1.03 bits per heavy atom. The number of carbonyl (C=O) groups excluding carboxylic acids is 1. The van der Waals surface area contributed by atoms with Gasteiger partial charge in [-0.1, -0.05) is 6.07 Å². The largest absolute Gasteiger partial charge is 0.494 e. The summed E-state index contributed by atoms with van der Waals surface area (Å²) in [5.74, 6) is 0.969. The van der Waals surface area contributed by atoms with E-state index in [-0.39, 0.29) is 11.0 Å². The van der Waals surface area contributed by atoms with E-state index in [4.69, 9.17) is 4.74 Å². The van der Waals surface area contributed by atoms with Crippen molar-refractivity contribution in [1.29, 1.82) is 0 Å². The van der Waals surface area contributed by atoms with Crippen LogP contribution in [0, 0.1) is 5.13 Å². The van der Waals surface area contributed by atoms with Gasteiger partial charge in [0.25, 0.3) is 0 Å². The highest BCUT2D eigenvalue weighted by Gasteiger charge is 2.19. The minimum absolute atomic E-state index is 0.0874. The number of halogens is 1. The number of nitrogens with zero attached hydrogens (tertiary/aromatic N) is 2. The van der Waals surface area contributed by atoms with Crippen LogP contribution in [0.3, 0.4) is 0 Å². The molecule has 1 fully saturated rings. The Hall–Kier alpha value is -2.64. The number of fused-ring (bicyclic) bond motifs is 2. The average molecular weight is 454 g/mol. The van der Waals surface area contributed by atoms with Crippen LogP contribution >= 0.6 is 11.3 Å². The topological polar surface area (TPSA) is 44.8 Å². The van der Waals surface area contributed by atoms with Crippen molar-refractivity contribution in [3.63, 3.8) is 0 Å². The second kappa shape index (κ2) is 9.46. The molecule has 0 bridgehead atoms. The highest BCUT2D eigenvalue weighted by molar-refractivity contribution is 7.17. The fourth-order valence-corrected chi connectivity index (χ4v) is 5.39. The number of anilines is 2. The molecule has 2 aliphatic heterocycles. The number of carbonyl (C=O) groups is 1. The number of amides is 1. The molecule has 0 saturated carbocycles. The number of unbranched alkanes of at least 4 members (excludes halogenated alkanes) is 1. The Morgan fingerprint density at radius 3 is 2.78 bits per heavy atom. The van der Waals surface area contributed by atoms with Gasteiger partial charge in [0.05, 0.1) is 6.61 Å². The summed E-state index contributed by atoms with van der Waals surface area (Å²) in [6.07, 6.45) is 3.44. The highest BCUT2D eigenvalue weighted by Crippen LogP contribution is 2.33. The Labute approximate surface area is 191 Å². The first-order chi connectivity index (χ1) is 15.7. The van der Waals surface area contributed by atoms with Crippen LogP contribution in [0.25, 0.3) is 10.1 Å². The van der Waals surface area contributed by atoms with Crippen LogP contribution < -0.4 is 15.0 Å². The van der Waals surface area contributed by atoms with Crippen LogP contribution in [-0.4, -0.2) is 50.1 Å². The molecule has 3 heterocycles. The third-order valence-corrected chi connectivity index (χ3v) is 7.22. The van der Waals surface area contributed by atoms with E-state index in [9.17, 15) is 9.18 Å². The van der Waals surface area contributed by atoms with Gasteiger partial charge in [-0.15, -0.1) is 11.3 Å².